The van der Waals surface area contributed by atoms with E-state index in [0.717, 1.165) is 17.6 Å². The van der Waals surface area contributed by atoms with Gasteiger partial charge in [-0.2, -0.15) is 0 Å². The van der Waals surface area contributed by atoms with E-state index in [4.69, 9.17) is 11.6 Å². The van der Waals surface area contributed by atoms with Crippen LogP contribution in [0.15, 0.2) is 22.7 Å². The fourth-order valence-corrected chi connectivity index (χ4v) is 3.59. The van der Waals surface area contributed by atoms with Crippen molar-refractivity contribution < 1.29 is 4.79 Å². The van der Waals surface area contributed by atoms with E-state index in [1.165, 1.54) is 19.4 Å². The van der Waals surface area contributed by atoms with E-state index in [9.17, 15) is 4.79 Å². The van der Waals surface area contributed by atoms with Gasteiger partial charge in [0.2, 0.25) is 0 Å². The first kappa shape index (κ1) is 16.9. The monoisotopic (exact) mass is 372 g/mol. The summed E-state index contributed by atoms with van der Waals surface area (Å²) in [5.41, 5.74) is 0.619. The number of halogens is 2. The standard InChI is InChI=1S/C16H22BrClN2O/c1-19-8-3-4-13(11-19)20(2)9-7-16(21)14-6-5-12(17)10-15(14)18/h5-6,10,13H,3-4,7-9,11H2,1-2H3. The van der Waals surface area contributed by atoms with Crippen LogP contribution < -0.4 is 0 Å². The van der Waals surface area contributed by atoms with Crippen molar-refractivity contribution in [2.75, 3.05) is 33.7 Å². The topological polar surface area (TPSA) is 23.6 Å². The Balaban J connectivity index is 1.88. The van der Waals surface area contributed by atoms with Gasteiger partial charge >= 0.3 is 0 Å². The Kier molecular flexibility index (Phi) is 6.23. The van der Waals surface area contributed by atoms with Crippen LogP contribution in [0.5, 0.6) is 0 Å². The molecule has 1 heterocycles. The summed E-state index contributed by atoms with van der Waals surface area (Å²) >= 11 is 9.49. The van der Waals surface area contributed by atoms with Gasteiger partial charge in [-0.3, -0.25) is 4.79 Å². The zero-order chi connectivity index (χ0) is 15.4. The summed E-state index contributed by atoms with van der Waals surface area (Å²) in [6.07, 6.45) is 2.96. The van der Waals surface area contributed by atoms with Gasteiger partial charge in [-0.05, 0) is 51.7 Å². The first-order valence-corrected chi connectivity index (χ1v) is 8.51. The molecule has 3 nitrogen and oxygen atoms in total. The summed E-state index contributed by atoms with van der Waals surface area (Å²) < 4.78 is 0.895. The molecule has 0 radical (unpaired) electrons. The molecule has 0 amide bonds. The molecule has 1 saturated heterocycles. The van der Waals surface area contributed by atoms with Crippen LogP contribution in [-0.2, 0) is 0 Å². The molecule has 0 spiro atoms. The van der Waals surface area contributed by atoms with Gasteiger partial charge in [0.05, 0.1) is 5.02 Å². The van der Waals surface area contributed by atoms with E-state index in [1.807, 2.05) is 6.07 Å². The smallest absolute Gasteiger partial charge is 0.165 e. The van der Waals surface area contributed by atoms with Crippen molar-refractivity contribution in [2.45, 2.75) is 25.3 Å². The fourth-order valence-electron chi connectivity index (χ4n) is 2.81. The summed E-state index contributed by atoms with van der Waals surface area (Å²) in [5, 5.41) is 0.523. The van der Waals surface area contributed by atoms with Gasteiger partial charge < -0.3 is 9.80 Å². The minimum absolute atomic E-state index is 0.114. The van der Waals surface area contributed by atoms with Crippen molar-refractivity contribution in [1.82, 2.24) is 9.80 Å². The Morgan fingerprint density at radius 1 is 1.52 bits per heavy atom. The Hall–Kier alpha value is -0.420. The molecule has 1 fully saturated rings. The van der Waals surface area contributed by atoms with Crippen LogP contribution >= 0.6 is 27.5 Å². The number of likely N-dealkylation sites (tertiary alicyclic amines) is 1. The Bertz CT molecular complexity index is 509. The molecular formula is C16H22BrClN2O. The van der Waals surface area contributed by atoms with Gasteiger partial charge in [-0.25, -0.2) is 0 Å². The van der Waals surface area contributed by atoms with Crippen LogP contribution in [0.3, 0.4) is 0 Å². The molecule has 0 bridgehead atoms. The number of carbonyl (C=O) groups excluding carboxylic acids is 1. The van der Waals surface area contributed by atoms with Crippen molar-refractivity contribution in [2.24, 2.45) is 0 Å². The maximum absolute atomic E-state index is 12.3. The van der Waals surface area contributed by atoms with E-state index in [0.29, 0.717) is 23.0 Å². The van der Waals surface area contributed by atoms with Crippen LogP contribution in [0.25, 0.3) is 0 Å². The predicted octanol–water partition coefficient (Wildman–Crippen LogP) is 3.70. The van der Waals surface area contributed by atoms with Crippen molar-refractivity contribution in [3.05, 3.63) is 33.3 Å². The lowest BCUT2D eigenvalue weighted by molar-refractivity contribution is 0.0932. The molecule has 116 valence electrons. The predicted molar refractivity (Wildman–Crippen MR) is 91.2 cm³/mol. The van der Waals surface area contributed by atoms with Gasteiger partial charge in [0.1, 0.15) is 0 Å². The maximum atomic E-state index is 12.3. The molecule has 1 unspecified atom stereocenters. The van der Waals surface area contributed by atoms with Crippen molar-refractivity contribution in [3.8, 4) is 0 Å². The molecule has 1 atom stereocenters. The highest BCUT2D eigenvalue weighted by Crippen LogP contribution is 2.23. The van der Waals surface area contributed by atoms with Gasteiger partial charge in [0.15, 0.2) is 5.78 Å². The van der Waals surface area contributed by atoms with E-state index in [1.54, 1.807) is 12.1 Å². The summed E-state index contributed by atoms with van der Waals surface area (Å²) in [6.45, 7) is 3.05. The van der Waals surface area contributed by atoms with E-state index < -0.39 is 0 Å². The number of hydrogen-bond donors (Lipinski definition) is 0. The zero-order valence-electron chi connectivity index (χ0n) is 12.6. The first-order valence-electron chi connectivity index (χ1n) is 7.34. The highest BCUT2D eigenvalue weighted by Gasteiger charge is 2.21. The maximum Gasteiger partial charge on any atom is 0.165 e. The van der Waals surface area contributed by atoms with Crippen molar-refractivity contribution >= 4 is 33.3 Å². The van der Waals surface area contributed by atoms with Gasteiger partial charge in [-0.15, -0.1) is 0 Å². The van der Waals surface area contributed by atoms with Gasteiger partial charge in [0, 0.05) is 35.6 Å². The molecule has 1 aromatic rings. The summed E-state index contributed by atoms with van der Waals surface area (Å²) in [5.74, 6) is 0.114. The second kappa shape index (κ2) is 7.73. The molecule has 0 aromatic heterocycles. The molecule has 2 rings (SSSR count). The lowest BCUT2D eigenvalue weighted by Crippen LogP contribution is -2.45. The molecule has 0 aliphatic carbocycles. The van der Waals surface area contributed by atoms with E-state index in [2.05, 4.69) is 39.8 Å². The lowest BCUT2D eigenvalue weighted by atomic mass is 10.0. The number of hydrogen-bond acceptors (Lipinski definition) is 3. The second-order valence-corrected chi connectivity index (χ2v) is 7.16. The third kappa shape index (κ3) is 4.78. The number of carbonyl (C=O) groups is 1. The molecule has 1 aromatic carbocycles. The number of likely N-dealkylation sites (N-methyl/N-ethyl adjacent to an activating group) is 2. The van der Waals surface area contributed by atoms with Crippen LogP contribution in [0, 0.1) is 0 Å². The minimum Gasteiger partial charge on any atom is -0.305 e. The molecule has 0 saturated carbocycles. The average Bonchev–Trinajstić information content (AvgIpc) is 2.44. The van der Waals surface area contributed by atoms with Crippen LogP contribution in [0.1, 0.15) is 29.6 Å². The number of benzene rings is 1. The quantitative estimate of drug-likeness (QED) is 0.735. The van der Waals surface area contributed by atoms with Crippen LogP contribution in [0.2, 0.25) is 5.02 Å². The van der Waals surface area contributed by atoms with Gasteiger partial charge in [0.25, 0.3) is 0 Å². The number of nitrogens with zero attached hydrogens (tertiary/aromatic N) is 2. The largest absolute Gasteiger partial charge is 0.305 e. The Labute approximate surface area is 140 Å². The van der Waals surface area contributed by atoms with Crippen LogP contribution in [-0.4, -0.2) is 55.4 Å². The minimum atomic E-state index is 0.114. The fraction of sp³-hybridized carbons (Fsp3) is 0.562. The van der Waals surface area contributed by atoms with E-state index in [-0.39, 0.29) is 5.78 Å². The summed E-state index contributed by atoms with van der Waals surface area (Å²) in [6, 6.07) is 5.98. The van der Waals surface area contributed by atoms with E-state index >= 15 is 0 Å². The SMILES string of the molecule is CN1CCCC(N(C)CCC(=O)c2ccc(Br)cc2Cl)C1. The molecule has 1 aliphatic heterocycles. The van der Waals surface area contributed by atoms with Crippen LogP contribution in [0.4, 0.5) is 0 Å². The number of ketones is 1. The van der Waals surface area contributed by atoms with Crippen molar-refractivity contribution in [1.29, 1.82) is 0 Å². The number of piperidine rings is 1. The lowest BCUT2D eigenvalue weighted by Gasteiger charge is -2.35. The highest BCUT2D eigenvalue weighted by molar-refractivity contribution is 9.10. The first-order chi connectivity index (χ1) is 9.97. The molecule has 21 heavy (non-hydrogen) atoms. The highest BCUT2D eigenvalue weighted by atomic mass is 79.9. The second-order valence-electron chi connectivity index (χ2n) is 5.84. The van der Waals surface area contributed by atoms with Gasteiger partial charge in [-0.1, -0.05) is 27.5 Å². The molecule has 0 N–H and O–H groups in total. The average molecular weight is 374 g/mol. The molecular weight excluding hydrogens is 352 g/mol. The third-order valence-corrected chi connectivity index (χ3v) is 4.95. The normalized spacial score (nSPS) is 20.0. The number of Topliss-reactive ketones (excluding diaryl/α,β-unsaturated/α-hetero) is 1. The third-order valence-electron chi connectivity index (χ3n) is 4.15. The zero-order valence-corrected chi connectivity index (χ0v) is 15.0. The molecule has 1 aliphatic rings. The number of rotatable bonds is 5. The Morgan fingerprint density at radius 3 is 2.95 bits per heavy atom. The summed E-state index contributed by atoms with van der Waals surface area (Å²) in [7, 11) is 4.27. The summed E-state index contributed by atoms with van der Waals surface area (Å²) in [4.78, 5) is 17.0. The molecule has 5 heteroatoms. The van der Waals surface area contributed by atoms with Crippen molar-refractivity contribution in [3.63, 3.8) is 0 Å². The Morgan fingerprint density at radius 2 is 2.29 bits per heavy atom.